The minimum atomic E-state index is -0.331. The fourth-order valence-corrected chi connectivity index (χ4v) is 5.84. The van der Waals surface area contributed by atoms with Gasteiger partial charge in [-0.15, -0.1) is 0 Å². The average Bonchev–Trinajstić information content (AvgIpc) is 3.48. The van der Waals surface area contributed by atoms with Crippen molar-refractivity contribution in [3.8, 4) is 0 Å². The lowest BCUT2D eigenvalue weighted by Crippen LogP contribution is -2.60. The first-order valence-electron chi connectivity index (χ1n) is 12.9. The van der Waals surface area contributed by atoms with Crippen LogP contribution >= 0.6 is 22.9 Å². The topological polar surface area (TPSA) is 112 Å². The minimum Gasteiger partial charge on any atom is -0.462 e. The number of hydrogen-bond acceptors (Lipinski definition) is 8. The Hall–Kier alpha value is -2.69. The molecule has 11 heteroatoms. The Morgan fingerprint density at radius 1 is 1.27 bits per heavy atom. The highest BCUT2D eigenvalue weighted by atomic mass is 35.5. The van der Waals surface area contributed by atoms with Crippen molar-refractivity contribution < 1.29 is 14.3 Å². The number of amides is 1. The summed E-state index contributed by atoms with van der Waals surface area (Å²) >= 11 is 7.65. The van der Waals surface area contributed by atoms with E-state index < -0.39 is 0 Å². The molecule has 9 nitrogen and oxygen atoms in total. The van der Waals surface area contributed by atoms with Gasteiger partial charge in [0.15, 0.2) is 16.1 Å². The first-order chi connectivity index (χ1) is 17.8. The van der Waals surface area contributed by atoms with Gasteiger partial charge in [-0.1, -0.05) is 49.8 Å². The Morgan fingerprint density at radius 2 is 2.08 bits per heavy atom. The molecule has 0 saturated carbocycles. The van der Waals surface area contributed by atoms with Crippen LogP contribution in [0, 0.1) is 5.92 Å². The molecule has 4 rings (SSSR count). The lowest BCUT2D eigenvalue weighted by Gasteiger charge is -2.39. The largest absolute Gasteiger partial charge is 0.462 e. The van der Waals surface area contributed by atoms with Gasteiger partial charge in [-0.05, 0) is 50.8 Å². The van der Waals surface area contributed by atoms with Crippen LogP contribution in [0.25, 0.3) is 10.2 Å². The third-order valence-corrected chi connectivity index (χ3v) is 8.00. The van der Waals surface area contributed by atoms with Crippen LogP contribution in [-0.4, -0.2) is 65.2 Å². The van der Waals surface area contributed by atoms with Gasteiger partial charge in [-0.2, -0.15) is 0 Å². The fourth-order valence-electron chi connectivity index (χ4n) is 4.47. The first kappa shape index (κ1) is 27.3. The van der Waals surface area contributed by atoms with Crippen LogP contribution < -0.4 is 15.5 Å². The number of benzene rings is 1. The van der Waals surface area contributed by atoms with Crippen LogP contribution in [0.3, 0.4) is 0 Å². The van der Waals surface area contributed by atoms with Gasteiger partial charge in [0.05, 0.1) is 28.1 Å². The van der Waals surface area contributed by atoms with Gasteiger partial charge < -0.3 is 25.3 Å². The quantitative estimate of drug-likeness (QED) is 0.322. The van der Waals surface area contributed by atoms with Gasteiger partial charge in [0.2, 0.25) is 0 Å². The molecule has 200 valence electrons. The number of rotatable bonds is 10. The molecule has 37 heavy (non-hydrogen) atoms. The summed E-state index contributed by atoms with van der Waals surface area (Å²) < 4.78 is 6.07. The van der Waals surface area contributed by atoms with Crippen LogP contribution in [0.5, 0.6) is 0 Å². The number of halogens is 1. The third-order valence-electron chi connectivity index (χ3n) is 6.52. The predicted molar refractivity (Wildman–Crippen MR) is 148 cm³/mol. The molecule has 3 heterocycles. The van der Waals surface area contributed by atoms with Crippen molar-refractivity contribution in [3.05, 3.63) is 40.4 Å². The molecule has 1 aromatic carbocycles. The Labute approximate surface area is 226 Å². The Morgan fingerprint density at radius 3 is 2.78 bits per heavy atom. The van der Waals surface area contributed by atoms with E-state index in [1.165, 1.54) is 11.3 Å². The predicted octanol–water partition coefficient (Wildman–Crippen LogP) is 4.42. The summed E-state index contributed by atoms with van der Waals surface area (Å²) in [5, 5.41) is 8.02. The molecule has 2 aromatic heterocycles. The molecule has 3 N–H and O–H groups in total. The maximum atomic E-state index is 13.0. The first-order valence-corrected chi connectivity index (χ1v) is 14.1. The number of piperidine rings is 1. The lowest BCUT2D eigenvalue weighted by atomic mass is 9.98. The number of H-pyrrole nitrogens is 1. The van der Waals surface area contributed by atoms with Gasteiger partial charge in [0, 0.05) is 25.2 Å². The van der Waals surface area contributed by atoms with E-state index >= 15 is 0 Å². The summed E-state index contributed by atoms with van der Waals surface area (Å²) in [5.74, 6) is 0.225. The highest BCUT2D eigenvalue weighted by Crippen LogP contribution is 2.33. The molecular formula is C26H35ClN6O3S. The van der Waals surface area contributed by atoms with E-state index in [1.807, 2.05) is 19.1 Å². The van der Waals surface area contributed by atoms with Gasteiger partial charge in [-0.3, -0.25) is 4.79 Å². The van der Waals surface area contributed by atoms with Crippen LogP contribution in [0.1, 0.15) is 67.2 Å². The van der Waals surface area contributed by atoms with E-state index in [9.17, 15) is 9.59 Å². The van der Waals surface area contributed by atoms with Gasteiger partial charge >= 0.3 is 5.97 Å². The number of esters is 1. The number of fused-ring (bicyclic) bond motifs is 1. The molecular weight excluding hydrogens is 512 g/mol. The Bertz CT molecular complexity index is 1240. The summed E-state index contributed by atoms with van der Waals surface area (Å²) in [6, 6.07) is 5.48. The SMILES string of the molecule is CCOC(=O)c1cccc2nc(N3CC[C@H](NC(=O)c4nc(Cl)c(CC)[nH]4)[C@H](NCCC(C)C)C3)sc12. The van der Waals surface area contributed by atoms with Crippen molar-refractivity contribution in [1.29, 1.82) is 0 Å². The number of carbonyl (C=O) groups is 2. The van der Waals surface area contributed by atoms with Crippen molar-refractivity contribution in [3.63, 3.8) is 0 Å². The number of ether oxygens (including phenoxy) is 1. The number of aromatic nitrogens is 3. The second-order valence-electron chi connectivity index (χ2n) is 9.64. The van der Waals surface area contributed by atoms with Gasteiger partial charge in [0.25, 0.3) is 5.91 Å². The molecule has 1 aliphatic heterocycles. The summed E-state index contributed by atoms with van der Waals surface area (Å²) in [5.41, 5.74) is 2.08. The van der Waals surface area contributed by atoms with E-state index in [4.69, 9.17) is 21.3 Å². The molecule has 0 spiro atoms. The highest BCUT2D eigenvalue weighted by molar-refractivity contribution is 7.22. The third kappa shape index (κ3) is 6.42. The molecule has 0 bridgehead atoms. The number of aryl methyl sites for hydroxylation is 1. The van der Waals surface area contributed by atoms with Crippen LogP contribution in [0.4, 0.5) is 5.13 Å². The molecule has 1 saturated heterocycles. The van der Waals surface area contributed by atoms with Crippen molar-refractivity contribution in [2.75, 3.05) is 31.1 Å². The van der Waals surface area contributed by atoms with Crippen LogP contribution in [0.2, 0.25) is 5.15 Å². The number of hydrogen-bond donors (Lipinski definition) is 3. The molecule has 3 aromatic rings. The minimum absolute atomic E-state index is 0.0177. The van der Waals surface area contributed by atoms with Crippen molar-refractivity contribution in [2.45, 2.75) is 59.0 Å². The number of carbonyl (C=O) groups excluding carboxylic acids is 2. The number of imidazole rings is 1. The Kier molecular flexibility index (Phi) is 9.04. The zero-order valence-corrected chi connectivity index (χ0v) is 23.3. The number of thiazole rings is 1. The molecule has 1 fully saturated rings. The monoisotopic (exact) mass is 546 g/mol. The highest BCUT2D eigenvalue weighted by Gasteiger charge is 2.32. The van der Waals surface area contributed by atoms with E-state index in [0.29, 0.717) is 36.2 Å². The number of anilines is 1. The van der Waals surface area contributed by atoms with Crippen molar-refractivity contribution >= 4 is 50.2 Å². The summed E-state index contributed by atoms with van der Waals surface area (Å²) in [6.45, 7) is 10.7. The Balaban J connectivity index is 1.52. The maximum Gasteiger partial charge on any atom is 0.339 e. The fraction of sp³-hybridized carbons (Fsp3) is 0.538. The number of aromatic amines is 1. The van der Waals surface area contributed by atoms with Gasteiger partial charge in [0.1, 0.15) is 0 Å². The van der Waals surface area contributed by atoms with Crippen molar-refractivity contribution in [2.24, 2.45) is 5.92 Å². The standard InChI is InChI=1S/C26H35ClN6O3S/c1-5-17-22(27)32-23(29-17)24(34)30-18-11-13-33(14-20(18)28-12-10-15(3)4)26-31-19-9-7-8-16(21(19)37-26)25(35)36-6-2/h7-9,15,18,20,28H,5-6,10-14H2,1-4H3,(H,29,32)(H,30,34)/t18-,20+/m0/s1. The smallest absolute Gasteiger partial charge is 0.339 e. The lowest BCUT2D eigenvalue weighted by molar-refractivity contribution is 0.0528. The normalized spacial score (nSPS) is 17.9. The van der Waals surface area contributed by atoms with Gasteiger partial charge in [-0.25, -0.2) is 14.8 Å². The number of nitrogens with one attached hydrogen (secondary N) is 3. The summed E-state index contributed by atoms with van der Waals surface area (Å²) in [4.78, 5) is 39.7. The maximum absolute atomic E-state index is 13.0. The molecule has 0 aliphatic carbocycles. The van der Waals surface area contributed by atoms with Crippen molar-refractivity contribution in [1.82, 2.24) is 25.6 Å². The molecule has 0 radical (unpaired) electrons. The number of nitrogens with zero attached hydrogens (tertiary/aromatic N) is 3. The molecule has 1 aliphatic rings. The molecule has 0 unspecified atom stereocenters. The van der Waals surface area contributed by atoms with Crippen LogP contribution in [-0.2, 0) is 11.2 Å². The zero-order chi connectivity index (χ0) is 26.5. The van der Waals surface area contributed by atoms with E-state index in [-0.39, 0.29) is 29.8 Å². The summed E-state index contributed by atoms with van der Waals surface area (Å²) in [7, 11) is 0. The van der Waals surface area contributed by atoms with Crippen LogP contribution in [0.15, 0.2) is 18.2 Å². The summed E-state index contributed by atoms with van der Waals surface area (Å²) in [6.07, 6.45) is 2.45. The van der Waals surface area contributed by atoms with E-state index in [2.05, 4.69) is 39.3 Å². The zero-order valence-electron chi connectivity index (χ0n) is 21.8. The molecule has 1 amide bonds. The van der Waals surface area contributed by atoms with E-state index in [0.717, 1.165) is 47.0 Å². The second-order valence-corrected chi connectivity index (χ2v) is 11.0. The van der Waals surface area contributed by atoms with E-state index in [1.54, 1.807) is 13.0 Å². The average molecular weight is 547 g/mol. The second kappa shape index (κ2) is 12.2. The molecule has 2 atom stereocenters.